The summed E-state index contributed by atoms with van der Waals surface area (Å²) in [5, 5.41) is 4.82. The first-order chi connectivity index (χ1) is 7.30. The van der Waals surface area contributed by atoms with Crippen molar-refractivity contribution < 1.29 is 0 Å². The van der Waals surface area contributed by atoms with Crippen molar-refractivity contribution in [3.05, 3.63) is 15.6 Å². The van der Waals surface area contributed by atoms with Crippen molar-refractivity contribution in [2.45, 2.75) is 54.0 Å². The fourth-order valence-corrected chi connectivity index (χ4v) is 2.28. The molecule has 16 heavy (non-hydrogen) atoms. The Morgan fingerprint density at radius 2 is 1.94 bits per heavy atom. The van der Waals surface area contributed by atoms with Gasteiger partial charge in [-0.05, 0) is 26.2 Å². The number of aryl methyl sites for hydroxylation is 2. The zero-order valence-corrected chi connectivity index (χ0v) is 12.2. The molecule has 1 unspecified atom stereocenters. The van der Waals surface area contributed by atoms with Gasteiger partial charge in [0.15, 0.2) is 0 Å². The van der Waals surface area contributed by atoms with Gasteiger partial charge in [-0.3, -0.25) is 0 Å². The maximum Gasteiger partial charge on any atom is 0.0943 e. The molecule has 0 aliphatic rings. The van der Waals surface area contributed by atoms with Crippen LogP contribution in [-0.4, -0.2) is 17.6 Å². The molecular formula is C13H24N2S. The third-order valence-electron chi connectivity index (χ3n) is 3.16. The summed E-state index contributed by atoms with van der Waals surface area (Å²) >= 11 is 1.82. The van der Waals surface area contributed by atoms with Crippen LogP contribution in [0.4, 0.5) is 0 Å². The maximum absolute atomic E-state index is 4.55. The van der Waals surface area contributed by atoms with Crippen molar-refractivity contribution >= 4 is 11.3 Å². The molecule has 1 heterocycles. The molecular weight excluding hydrogens is 216 g/mol. The van der Waals surface area contributed by atoms with E-state index in [1.165, 1.54) is 15.6 Å². The highest BCUT2D eigenvalue weighted by molar-refractivity contribution is 7.11. The van der Waals surface area contributed by atoms with Gasteiger partial charge in [-0.1, -0.05) is 20.8 Å². The van der Waals surface area contributed by atoms with Gasteiger partial charge >= 0.3 is 0 Å². The van der Waals surface area contributed by atoms with Crippen LogP contribution in [0, 0.1) is 19.3 Å². The van der Waals surface area contributed by atoms with Crippen LogP contribution in [0.25, 0.3) is 0 Å². The predicted molar refractivity (Wildman–Crippen MR) is 72.2 cm³/mol. The summed E-state index contributed by atoms with van der Waals surface area (Å²) in [6, 6.07) is 0.537. The number of hydrogen-bond acceptors (Lipinski definition) is 3. The molecule has 0 radical (unpaired) electrons. The van der Waals surface area contributed by atoms with Crippen molar-refractivity contribution in [2.75, 3.05) is 6.54 Å². The lowest BCUT2D eigenvalue weighted by molar-refractivity contribution is 0.288. The Balaban J connectivity index is 2.36. The molecule has 1 N–H and O–H groups in total. The zero-order chi connectivity index (χ0) is 12.3. The van der Waals surface area contributed by atoms with Crippen LogP contribution in [0.2, 0.25) is 0 Å². The Bertz CT molecular complexity index is 317. The van der Waals surface area contributed by atoms with Crippen LogP contribution >= 0.6 is 11.3 Å². The SMILES string of the molecule is Cc1nc(CCNC(C)C(C)(C)C)sc1C. The van der Waals surface area contributed by atoms with Gasteiger partial charge in [-0.15, -0.1) is 11.3 Å². The molecule has 0 bridgehead atoms. The summed E-state index contributed by atoms with van der Waals surface area (Å²) < 4.78 is 0. The first-order valence-electron chi connectivity index (χ1n) is 5.97. The maximum atomic E-state index is 4.55. The molecule has 0 aliphatic carbocycles. The number of nitrogens with zero attached hydrogens (tertiary/aromatic N) is 1. The van der Waals surface area contributed by atoms with Gasteiger partial charge in [-0.25, -0.2) is 4.98 Å². The topological polar surface area (TPSA) is 24.9 Å². The van der Waals surface area contributed by atoms with Crippen LogP contribution in [0.15, 0.2) is 0 Å². The second-order valence-electron chi connectivity index (χ2n) is 5.54. The zero-order valence-electron chi connectivity index (χ0n) is 11.3. The molecule has 0 amide bonds. The Labute approximate surface area is 103 Å². The van der Waals surface area contributed by atoms with E-state index in [2.05, 4.69) is 51.8 Å². The van der Waals surface area contributed by atoms with Gasteiger partial charge in [0, 0.05) is 23.9 Å². The molecule has 3 heteroatoms. The van der Waals surface area contributed by atoms with Crippen LogP contribution in [0.5, 0.6) is 0 Å². The standard InChI is InChI=1S/C13H24N2S/c1-9-10(2)16-12(15-9)7-8-14-11(3)13(4,5)6/h11,14H,7-8H2,1-6H3. The largest absolute Gasteiger partial charge is 0.313 e. The van der Waals surface area contributed by atoms with Crippen LogP contribution in [0.1, 0.15) is 43.3 Å². The first-order valence-corrected chi connectivity index (χ1v) is 6.78. The lowest BCUT2D eigenvalue weighted by Gasteiger charge is -2.28. The third kappa shape index (κ3) is 3.87. The average molecular weight is 240 g/mol. The monoisotopic (exact) mass is 240 g/mol. The average Bonchev–Trinajstić information content (AvgIpc) is 2.44. The normalized spacial score (nSPS) is 14.1. The number of nitrogens with one attached hydrogen (secondary N) is 1. The van der Waals surface area contributed by atoms with E-state index in [4.69, 9.17) is 0 Å². The van der Waals surface area contributed by atoms with Crippen LogP contribution < -0.4 is 5.32 Å². The van der Waals surface area contributed by atoms with E-state index in [0.717, 1.165) is 13.0 Å². The summed E-state index contributed by atoms with van der Waals surface area (Å²) in [6.07, 6.45) is 1.04. The molecule has 0 saturated carbocycles. The van der Waals surface area contributed by atoms with Gasteiger partial charge in [0.1, 0.15) is 0 Å². The molecule has 92 valence electrons. The van der Waals surface area contributed by atoms with E-state index in [1.54, 1.807) is 0 Å². The summed E-state index contributed by atoms with van der Waals surface area (Å²) in [7, 11) is 0. The molecule has 2 nitrogen and oxygen atoms in total. The van der Waals surface area contributed by atoms with Gasteiger partial charge < -0.3 is 5.32 Å². The van der Waals surface area contributed by atoms with E-state index in [0.29, 0.717) is 11.5 Å². The lowest BCUT2D eigenvalue weighted by Crippen LogP contribution is -2.38. The van der Waals surface area contributed by atoms with Crippen LogP contribution in [0.3, 0.4) is 0 Å². The van der Waals surface area contributed by atoms with Crippen molar-refractivity contribution in [1.82, 2.24) is 10.3 Å². The second kappa shape index (κ2) is 5.28. The van der Waals surface area contributed by atoms with Gasteiger partial charge in [0.05, 0.1) is 10.7 Å². The van der Waals surface area contributed by atoms with E-state index in [-0.39, 0.29) is 0 Å². The summed E-state index contributed by atoms with van der Waals surface area (Å²) in [6.45, 7) is 14.3. The van der Waals surface area contributed by atoms with Crippen molar-refractivity contribution in [3.63, 3.8) is 0 Å². The fourth-order valence-electron chi connectivity index (χ4n) is 1.35. The summed E-state index contributed by atoms with van der Waals surface area (Å²) in [4.78, 5) is 5.89. The van der Waals surface area contributed by atoms with Crippen molar-refractivity contribution in [2.24, 2.45) is 5.41 Å². The quantitative estimate of drug-likeness (QED) is 0.873. The third-order valence-corrected chi connectivity index (χ3v) is 4.29. The van der Waals surface area contributed by atoms with Crippen LogP contribution in [-0.2, 0) is 6.42 Å². The highest BCUT2D eigenvalue weighted by Gasteiger charge is 2.18. The smallest absolute Gasteiger partial charge is 0.0943 e. The van der Waals surface area contributed by atoms with E-state index in [1.807, 2.05) is 11.3 Å². The molecule has 1 rings (SSSR count). The summed E-state index contributed by atoms with van der Waals surface area (Å²) in [5.41, 5.74) is 1.51. The fraction of sp³-hybridized carbons (Fsp3) is 0.769. The number of hydrogen-bond donors (Lipinski definition) is 1. The number of aromatic nitrogens is 1. The Kier molecular flexibility index (Phi) is 4.51. The summed E-state index contributed by atoms with van der Waals surface area (Å²) in [5.74, 6) is 0. The minimum absolute atomic E-state index is 0.328. The highest BCUT2D eigenvalue weighted by Crippen LogP contribution is 2.19. The molecule has 1 aromatic rings. The second-order valence-corrected chi connectivity index (χ2v) is 6.83. The molecule has 0 fully saturated rings. The number of thiazole rings is 1. The minimum atomic E-state index is 0.328. The van der Waals surface area contributed by atoms with E-state index < -0.39 is 0 Å². The Morgan fingerprint density at radius 3 is 2.38 bits per heavy atom. The molecule has 0 spiro atoms. The van der Waals surface area contributed by atoms with E-state index >= 15 is 0 Å². The highest BCUT2D eigenvalue weighted by atomic mass is 32.1. The van der Waals surface area contributed by atoms with Gasteiger partial charge in [-0.2, -0.15) is 0 Å². The van der Waals surface area contributed by atoms with Crippen molar-refractivity contribution in [3.8, 4) is 0 Å². The van der Waals surface area contributed by atoms with E-state index in [9.17, 15) is 0 Å². The van der Waals surface area contributed by atoms with Crippen molar-refractivity contribution in [1.29, 1.82) is 0 Å². The lowest BCUT2D eigenvalue weighted by atomic mass is 9.88. The minimum Gasteiger partial charge on any atom is -0.313 e. The molecule has 0 saturated heterocycles. The predicted octanol–water partition coefficient (Wildman–Crippen LogP) is 3.33. The molecule has 1 atom stereocenters. The van der Waals surface area contributed by atoms with Gasteiger partial charge in [0.25, 0.3) is 0 Å². The molecule has 0 aromatic carbocycles. The number of rotatable bonds is 4. The molecule has 1 aromatic heterocycles. The molecule has 0 aliphatic heterocycles. The Morgan fingerprint density at radius 1 is 1.31 bits per heavy atom. The first kappa shape index (κ1) is 13.7. The Hall–Kier alpha value is -0.410. The van der Waals surface area contributed by atoms with Gasteiger partial charge in [0.2, 0.25) is 0 Å².